The summed E-state index contributed by atoms with van der Waals surface area (Å²) in [4.78, 5) is 40.2. The summed E-state index contributed by atoms with van der Waals surface area (Å²) < 4.78 is 16.3. The van der Waals surface area contributed by atoms with Crippen LogP contribution in [0.2, 0.25) is 0 Å². The zero-order valence-corrected chi connectivity index (χ0v) is 23.3. The highest BCUT2D eigenvalue weighted by Crippen LogP contribution is 2.12. The van der Waals surface area contributed by atoms with E-state index in [4.69, 9.17) is 19.0 Å². The zero-order chi connectivity index (χ0) is 28.6. The number of carbonyl (C=O) groups excluding carboxylic acids is 3. The van der Waals surface area contributed by atoms with Crippen LogP contribution in [0.25, 0.3) is 0 Å². The molecule has 0 aromatic heterocycles. The number of hydroxylamine groups is 1. The topological polar surface area (TPSA) is 161 Å². The molecule has 3 amide bonds. The van der Waals surface area contributed by atoms with Crippen LogP contribution in [-0.4, -0.2) is 96.9 Å². The van der Waals surface area contributed by atoms with E-state index in [2.05, 4.69) is 32.0 Å². The van der Waals surface area contributed by atoms with Gasteiger partial charge in [-0.05, 0) is 37.5 Å². The van der Waals surface area contributed by atoms with Gasteiger partial charge in [0.15, 0.2) is 0 Å². The molecule has 0 unspecified atom stereocenters. The molecule has 1 rings (SSSR count). The minimum Gasteiger partial charge on any atom is -0.379 e. The van der Waals surface area contributed by atoms with Crippen LogP contribution in [0.5, 0.6) is 0 Å². The first-order valence-corrected chi connectivity index (χ1v) is 13.1. The third kappa shape index (κ3) is 18.7. The quantitative estimate of drug-likeness (QED) is 0.0742. The molecule has 39 heavy (non-hydrogen) atoms. The van der Waals surface area contributed by atoms with Crippen LogP contribution in [0.4, 0.5) is 5.69 Å². The van der Waals surface area contributed by atoms with Crippen molar-refractivity contribution < 1.29 is 33.4 Å². The van der Waals surface area contributed by atoms with Crippen molar-refractivity contribution in [2.45, 2.75) is 32.6 Å². The molecular weight excluding hydrogens is 508 g/mol. The highest BCUT2D eigenvalue weighted by atomic mass is 16.6. The number of hydrazone groups is 1. The van der Waals surface area contributed by atoms with Crippen LogP contribution in [-0.2, 0) is 33.4 Å². The summed E-state index contributed by atoms with van der Waals surface area (Å²) in [5, 5.41) is 12.4. The number of hydrogen-bond acceptors (Lipinski definition) is 10. The first kappa shape index (κ1) is 33.9. The molecule has 0 radical (unpaired) electrons. The van der Waals surface area contributed by atoms with Gasteiger partial charge in [0, 0.05) is 58.9 Å². The Hall–Kier alpha value is -3.10. The standard InChI is InChI=1S/C26H44N6O7/c1-21(32-27-2)22-7-4-8-23(19-22)31-25(34)10-9-24(33)29-11-5-13-36-15-17-38-18-16-37-14-6-12-30-26(35)20-39-28-3/h4,7-8,19,27-28H,5-6,9-18,20H2,1-3H3,(H,29,33)(H,30,35)(H,31,34)/b32-21-. The highest BCUT2D eigenvalue weighted by molar-refractivity contribution is 6.00. The molecule has 0 aliphatic heterocycles. The molecule has 0 bridgehead atoms. The number of benzene rings is 1. The van der Waals surface area contributed by atoms with E-state index >= 15 is 0 Å². The Labute approximate surface area is 230 Å². The maximum absolute atomic E-state index is 12.2. The van der Waals surface area contributed by atoms with Gasteiger partial charge in [-0.15, -0.1) is 0 Å². The van der Waals surface area contributed by atoms with Gasteiger partial charge >= 0.3 is 0 Å². The van der Waals surface area contributed by atoms with E-state index in [1.807, 2.05) is 25.1 Å². The van der Waals surface area contributed by atoms with Crippen molar-refractivity contribution in [3.8, 4) is 0 Å². The third-order valence-electron chi connectivity index (χ3n) is 5.09. The van der Waals surface area contributed by atoms with Crippen LogP contribution >= 0.6 is 0 Å². The average Bonchev–Trinajstić information content (AvgIpc) is 2.93. The SMILES string of the molecule is CN/N=C(/C)c1cccc(NC(=O)CCC(=O)NCCCOCCOCCOCCCNC(=O)CONC)c1. The zero-order valence-electron chi connectivity index (χ0n) is 23.3. The molecule has 0 aliphatic carbocycles. The first-order valence-electron chi connectivity index (χ1n) is 13.1. The Morgan fingerprint density at radius 2 is 1.38 bits per heavy atom. The Bertz CT molecular complexity index is 869. The Kier molecular flexibility index (Phi) is 19.9. The monoisotopic (exact) mass is 552 g/mol. The van der Waals surface area contributed by atoms with Gasteiger partial charge in [0.1, 0.15) is 6.61 Å². The molecule has 0 saturated heterocycles. The molecule has 5 N–H and O–H groups in total. The van der Waals surface area contributed by atoms with E-state index in [1.54, 1.807) is 20.2 Å². The molecule has 0 aliphatic rings. The number of rotatable bonds is 23. The second-order valence-electron chi connectivity index (χ2n) is 8.29. The summed E-state index contributed by atoms with van der Waals surface area (Å²) in [5.41, 5.74) is 7.53. The summed E-state index contributed by atoms with van der Waals surface area (Å²) in [6.45, 7) is 5.73. The van der Waals surface area contributed by atoms with E-state index in [-0.39, 0.29) is 37.2 Å². The summed E-state index contributed by atoms with van der Waals surface area (Å²) >= 11 is 0. The molecule has 13 nitrogen and oxygen atoms in total. The third-order valence-corrected chi connectivity index (χ3v) is 5.09. The van der Waals surface area contributed by atoms with Crippen molar-refractivity contribution in [3.63, 3.8) is 0 Å². The predicted octanol–water partition coefficient (Wildman–Crippen LogP) is 0.562. The average molecular weight is 553 g/mol. The molecule has 220 valence electrons. The van der Waals surface area contributed by atoms with Gasteiger partial charge in [-0.3, -0.25) is 19.2 Å². The lowest BCUT2D eigenvalue weighted by Crippen LogP contribution is -2.30. The largest absolute Gasteiger partial charge is 0.379 e. The molecule has 0 saturated carbocycles. The highest BCUT2D eigenvalue weighted by Gasteiger charge is 2.08. The molecule has 0 atom stereocenters. The van der Waals surface area contributed by atoms with E-state index in [0.717, 1.165) is 11.3 Å². The van der Waals surface area contributed by atoms with E-state index in [9.17, 15) is 14.4 Å². The number of nitrogens with zero attached hydrogens (tertiary/aromatic N) is 1. The fourth-order valence-electron chi connectivity index (χ4n) is 3.13. The molecule has 0 fully saturated rings. The normalized spacial score (nSPS) is 11.2. The summed E-state index contributed by atoms with van der Waals surface area (Å²) in [6, 6.07) is 7.38. The lowest BCUT2D eigenvalue weighted by Gasteiger charge is -2.09. The van der Waals surface area contributed by atoms with Crippen molar-refractivity contribution in [2.24, 2.45) is 5.10 Å². The van der Waals surface area contributed by atoms with Gasteiger partial charge in [-0.2, -0.15) is 5.10 Å². The molecule has 13 heteroatoms. The minimum absolute atomic E-state index is 0.0206. The number of carbonyl (C=O) groups is 3. The van der Waals surface area contributed by atoms with Crippen molar-refractivity contribution in [3.05, 3.63) is 29.8 Å². The van der Waals surface area contributed by atoms with Crippen LogP contribution in [0, 0.1) is 0 Å². The Morgan fingerprint density at radius 1 is 0.795 bits per heavy atom. The summed E-state index contributed by atoms with van der Waals surface area (Å²) in [7, 11) is 3.32. The molecule has 0 spiro atoms. The van der Waals surface area contributed by atoms with Gasteiger partial charge < -0.3 is 35.6 Å². The molecule has 1 aromatic carbocycles. The van der Waals surface area contributed by atoms with Crippen molar-refractivity contribution in [2.75, 3.05) is 78.7 Å². The van der Waals surface area contributed by atoms with Crippen LogP contribution < -0.4 is 26.9 Å². The summed E-state index contributed by atoms with van der Waals surface area (Å²) in [6.07, 6.45) is 1.59. The molecular formula is C26H44N6O7. The van der Waals surface area contributed by atoms with Crippen molar-refractivity contribution in [1.29, 1.82) is 0 Å². The number of hydrogen-bond donors (Lipinski definition) is 5. The van der Waals surface area contributed by atoms with Crippen LogP contribution in [0.15, 0.2) is 29.4 Å². The fraction of sp³-hybridized carbons (Fsp3) is 0.615. The maximum Gasteiger partial charge on any atom is 0.248 e. The Balaban J connectivity index is 1.93. The van der Waals surface area contributed by atoms with Gasteiger partial charge in [0.2, 0.25) is 17.7 Å². The van der Waals surface area contributed by atoms with Gasteiger partial charge in [-0.25, -0.2) is 5.48 Å². The molecule has 0 heterocycles. The second kappa shape index (κ2) is 22.8. The van der Waals surface area contributed by atoms with Gasteiger partial charge in [-0.1, -0.05) is 12.1 Å². The first-order chi connectivity index (χ1) is 19.0. The number of ether oxygens (including phenoxy) is 3. The second-order valence-corrected chi connectivity index (χ2v) is 8.29. The number of anilines is 1. The minimum atomic E-state index is -0.223. The maximum atomic E-state index is 12.2. The van der Waals surface area contributed by atoms with Crippen molar-refractivity contribution >= 4 is 29.1 Å². The molecule has 1 aromatic rings. The fourth-order valence-corrected chi connectivity index (χ4v) is 3.13. The van der Waals surface area contributed by atoms with E-state index < -0.39 is 0 Å². The van der Waals surface area contributed by atoms with Crippen molar-refractivity contribution in [1.82, 2.24) is 21.5 Å². The lowest BCUT2D eigenvalue weighted by molar-refractivity contribution is -0.128. The van der Waals surface area contributed by atoms with Gasteiger partial charge in [0.05, 0.1) is 32.1 Å². The summed E-state index contributed by atoms with van der Waals surface area (Å²) in [5.74, 6) is -0.580. The van der Waals surface area contributed by atoms with E-state index in [0.29, 0.717) is 71.3 Å². The predicted molar refractivity (Wildman–Crippen MR) is 148 cm³/mol. The van der Waals surface area contributed by atoms with Crippen LogP contribution in [0.3, 0.4) is 0 Å². The number of amides is 3. The van der Waals surface area contributed by atoms with Gasteiger partial charge in [0.25, 0.3) is 0 Å². The number of nitrogens with one attached hydrogen (secondary N) is 5. The smallest absolute Gasteiger partial charge is 0.248 e. The Morgan fingerprint density at radius 3 is 2.00 bits per heavy atom. The lowest BCUT2D eigenvalue weighted by atomic mass is 10.1. The van der Waals surface area contributed by atoms with Crippen LogP contribution in [0.1, 0.15) is 38.2 Å². The van der Waals surface area contributed by atoms with E-state index in [1.165, 1.54) is 0 Å².